The summed E-state index contributed by atoms with van der Waals surface area (Å²) in [7, 11) is 0. The fourth-order valence-corrected chi connectivity index (χ4v) is 5.04. The van der Waals surface area contributed by atoms with Crippen LogP contribution in [-0.2, 0) is 14.3 Å². The van der Waals surface area contributed by atoms with Crippen LogP contribution >= 0.6 is 0 Å². The first kappa shape index (κ1) is 13.7. The molecule has 2 saturated heterocycles. The number of hydrogen-bond donors (Lipinski definition) is 3. The second-order valence-electron chi connectivity index (χ2n) is 7.12. The summed E-state index contributed by atoms with van der Waals surface area (Å²) in [6.07, 6.45) is -1.01. The van der Waals surface area contributed by atoms with E-state index in [1.165, 1.54) is 0 Å². The number of fused-ring (bicyclic) bond motifs is 2. The molecule has 6 atom stereocenters. The molecule has 3 N–H and O–H groups in total. The molecule has 6 nitrogen and oxygen atoms in total. The molecule has 6 heteroatoms. The van der Waals surface area contributed by atoms with Crippen LogP contribution in [0.4, 0.5) is 0 Å². The molecule has 1 unspecified atom stereocenters. The number of ketones is 1. The molecule has 0 radical (unpaired) electrons. The normalized spacial score (nSPS) is 55.0. The van der Waals surface area contributed by atoms with Crippen molar-refractivity contribution in [3.05, 3.63) is 11.3 Å². The van der Waals surface area contributed by atoms with E-state index in [2.05, 4.69) is 0 Å². The van der Waals surface area contributed by atoms with Crippen LogP contribution in [0.15, 0.2) is 11.3 Å². The summed E-state index contributed by atoms with van der Waals surface area (Å²) in [4.78, 5) is 12.9. The van der Waals surface area contributed by atoms with Gasteiger partial charge in [0.2, 0.25) is 5.78 Å². The lowest BCUT2D eigenvalue weighted by Crippen LogP contribution is -2.68. The van der Waals surface area contributed by atoms with Gasteiger partial charge in [-0.15, -0.1) is 0 Å². The van der Waals surface area contributed by atoms with Crippen molar-refractivity contribution in [2.75, 3.05) is 13.2 Å². The number of ether oxygens (including phenoxy) is 2. The molecule has 1 spiro atoms. The standard InChI is InChI=1S/C15H20O6/c1-7-3-9-14(5-16,11(19)10(7)18)13(2)4-8(17)12(21-9)15(13)6-20-15/h8-9,12,16-18H,3-6H2,1-2H3/t8-,9-,12-,13-,14-,15?/m1/s1. The average Bonchev–Trinajstić information content (AvgIpc) is 3.20. The highest BCUT2D eigenvalue weighted by molar-refractivity contribution is 6.01. The minimum absolute atomic E-state index is 0.277. The topological polar surface area (TPSA) is 99.5 Å². The largest absolute Gasteiger partial charge is 0.504 e. The van der Waals surface area contributed by atoms with Gasteiger partial charge < -0.3 is 24.8 Å². The summed E-state index contributed by atoms with van der Waals surface area (Å²) in [6.45, 7) is 3.56. The zero-order chi connectivity index (χ0) is 15.2. The molecule has 2 aliphatic carbocycles. The van der Waals surface area contributed by atoms with Crippen LogP contribution in [0, 0.1) is 10.8 Å². The third kappa shape index (κ3) is 1.20. The number of carbonyl (C=O) groups is 1. The van der Waals surface area contributed by atoms with Crippen LogP contribution in [-0.4, -0.2) is 58.2 Å². The van der Waals surface area contributed by atoms with Crippen molar-refractivity contribution in [3.63, 3.8) is 0 Å². The van der Waals surface area contributed by atoms with Crippen LogP contribution in [0.2, 0.25) is 0 Å². The number of aliphatic hydroxyl groups excluding tert-OH is 3. The van der Waals surface area contributed by atoms with Gasteiger partial charge in [-0.25, -0.2) is 0 Å². The van der Waals surface area contributed by atoms with E-state index in [1.54, 1.807) is 6.92 Å². The quantitative estimate of drug-likeness (QED) is 0.593. The molecule has 3 fully saturated rings. The van der Waals surface area contributed by atoms with E-state index in [0.717, 1.165) is 0 Å². The van der Waals surface area contributed by atoms with Gasteiger partial charge >= 0.3 is 0 Å². The Morgan fingerprint density at radius 1 is 1.43 bits per heavy atom. The predicted molar refractivity (Wildman–Crippen MR) is 70.5 cm³/mol. The number of carbonyl (C=O) groups excluding carboxylic acids is 1. The Bertz CT molecular complexity index is 565. The molecular weight excluding hydrogens is 276 g/mol. The summed E-state index contributed by atoms with van der Waals surface area (Å²) in [5.41, 5.74) is -2.14. The van der Waals surface area contributed by atoms with Crippen LogP contribution in [0.25, 0.3) is 0 Å². The van der Waals surface area contributed by atoms with Crippen LogP contribution < -0.4 is 0 Å². The van der Waals surface area contributed by atoms with E-state index in [1.807, 2.05) is 6.92 Å². The van der Waals surface area contributed by atoms with Gasteiger partial charge in [0.15, 0.2) is 5.76 Å². The minimum Gasteiger partial charge on any atom is -0.504 e. The van der Waals surface area contributed by atoms with Gasteiger partial charge in [-0.2, -0.15) is 0 Å². The molecule has 2 heterocycles. The molecule has 2 bridgehead atoms. The Kier molecular flexibility index (Phi) is 2.40. The monoisotopic (exact) mass is 296 g/mol. The first-order valence-corrected chi connectivity index (χ1v) is 7.36. The lowest BCUT2D eigenvalue weighted by Gasteiger charge is -2.56. The number of hydrogen-bond acceptors (Lipinski definition) is 6. The van der Waals surface area contributed by atoms with E-state index in [-0.39, 0.29) is 5.76 Å². The summed E-state index contributed by atoms with van der Waals surface area (Å²) in [5.74, 6) is -0.760. The van der Waals surface area contributed by atoms with Crippen molar-refractivity contribution in [2.24, 2.45) is 10.8 Å². The number of rotatable bonds is 1. The Labute approximate surface area is 122 Å². The SMILES string of the molecule is CC1=C(O)C(=O)[C@@]2(CO)[C@@H](C1)O[C@@H]1[C@H](O)C[C@@]2(C)C12CO2. The van der Waals surface area contributed by atoms with Gasteiger partial charge in [0.25, 0.3) is 0 Å². The molecule has 116 valence electrons. The molecule has 0 aromatic rings. The van der Waals surface area contributed by atoms with Gasteiger partial charge in [0, 0.05) is 5.41 Å². The first-order chi connectivity index (χ1) is 9.84. The summed E-state index contributed by atoms with van der Waals surface area (Å²) >= 11 is 0. The van der Waals surface area contributed by atoms with Gasteiger partial charge in [-0.05, 0) is 25.3 Å². The number of Topliss-reactive ketones (excluding diaryl/α,β-unsaturated/α-hetero) is 1. The van der Waals surface area contributed by atoms with Crippen LogP contribution in [0.1, 0.15) is 26.7 Å². The van der Waals surface area contributed by atoms with Crippen molar-refractivity contribution in [2.45, 2.75) is 50.6 Å². The predicted octanol–water partition coefficient (Wildman–Crippen LogP) is 0.0772. The molecule has 2 aliphatic heterocycles. The molecule has 4 rings (SSSR count). The van der Waals surface area contributed by atoms with Gasteiger partial charge in [0.1, 0.15) is 11.7 Å². The molecule has 1 saturated carbocycles. The third-order valence-electron chi connectivity index (χ3n) is 6.43. The fraction of sp³-hybridized carbons (Fsp3) is 0.800. The van der Waals surface area contributed by atoms with Crippen molar-refractivity contribution in [3.8, 4) is 0 Å². The van der Waals surface area contributed by atoms with Crippen LogP contribution in [0.5, 0.6) is 0 Å². The first-order valence-electron chi connectivity index (χ1n) is 7.36. The second kappa shape index (κ2) is 3.68. The highest BCUT2D eigenvalue weighted by atomic mass is 16.6. The van der Waals surface area contributed by atoms with E-state index < -0.39 is 47.1 Å². The lowest BCUT2D eigenvalue weighted by molar-refractivity contribution is -0.224. The van der Waals surface area contributed by atoms with Gasteiger partial charge in [-0.1, -0.05) is 6.92 Å². The highest BCUT2D eigenvalue weighted by Gasteiger charge is 2.83. The highest BCUT2D eigenvalue weighted by Crippen LogP contribution is 2.70. The number of allylic oxidation sites excluding steroid dienone is 1. The maximum Gasteiger partial charge on any atom is 0.208 e. The van der Waals surface area contributed by atoms with E-state index in [0.29, 0.717) is 25.0 Å². The van der Waals surface area contributed by atoms with Crippen molar-refractivity contribution in [1.29, 1.82) is 0 Å². The van der Waals surface area contributed by atoms with E-state index in [9.17, 15) is 20.1 Å². The maximum absolute atomic E-state index is 12.9. The Morgan fingerprint density at radius 2 is 2.10 bits per heavy atom. The molecule has 0 amide bonds. The molecule has 0 aromatic heterocycles. The van der Waals surface area contributed by atoms with Crippen LogP contribution in [0.3, 0.4) is 0 Å². The van der Waals surface area contributed by atoms with E-state index >= 15 is 0 Å². The lowest BCUT2D eigenvalue weighted by atomic mass is 9.51. The Hall–Kier alpha value is -0.950. The van der Waals surface area contributed by atoms with Crippen molar-refractivity contribution >= 4 is 5.78 Å². The second-order valence-corrected chi connectivity index (χ2v) is 7.12. The van der Waals surface area contributed by atoms with Gasteiger partial charge in [0.05, 0.1) is 30.8 Å². The summed E-state index contributed by atoms with van der Waals surface area (Å²) in [6, 6.07) is 0. The maximum atomic E-state index is 12.9. The molecule has 0 aromatic carbocycles. The smallest absolute Gasteiger partial charge is 0.208 e. The van der Waals surface area contributed by atoms with Gasteiger partial charge in [-0.3, -0.25) is 4.79 Å². The zero-order valence-electron chi connectivity index (χ0n) is 12.1. The average molecular weight is 296 g/mol. The Balaban J connectivity index is 1.94. The van der Waals surface area contributed by atoms with E-state index in [4.69, 9.17) is 9.47 Å². The fourth-order valence-electron chi connectivity index (χ4n) is 5.04. The number of epoxide rings is 1. The Morgan fingerprint density at radius 3 is 2.67 bits per heavy atom. The molecule has 4 aliphatic rings. The molecular formula is C15H20O6. The summed E-state index contributed by atoms with van der Waals surface area (Å²) < 4.78 is 11.7. The number of aliphatic hydroxyl groups is 3. The molecule has 21 heavy (non-hydrogen) atoms. The minimum atomic E-state index is -1.25. The van der Waals surface area contributed by atoms with Crippen molar-refractivity contribution in [1.82, 2.24) is 0 Å². The summed E-state index contributed by atoms with van der Waals surface area (Å²) in [5, 5.41) is 30.6. The van der Waals surface area contributed by atoms with Crippen molar-refractivity contribution < 1.29 is 29.6 Å². The third-order valence-corrected chi connectivity index (χ3v) is 6.43. The zero-order valence-corrected chi connectivity index (χ0v) is 12.1.